The van der Waals surface area contributed by atoms with Crippen molar-refractivity contribution in [3.63, 3.8) is 0 Å². The molecule has 2 aliphatic rings. The number of hydrogen-bond acceptors (Lipinski definition) is 4. The van der Waals surface area contributed by atoms with Gasteiger partial charge in [0.05, 0.1) is 11.4 Å². The number of fused-ring (bicyclic) bond motifs is 5. The van der Waals surface area contributed by atoms with Gasteiger partial charge in [0.15, 0.2) is 5.65 Å². The lowest BCUT2D eigenvalue weighted by Gasteiger charge is -2.37. The predicted octanol–water partition coefficient (Wildman–Crippen LogP) is 1.01. The van der Waals surface area contributed by atoms with Gasteiger partial charge < -0.3 is 10.6 Å². The summed E-state index contributed by atoms with van der Waals surface area (Å²) in [5.41, 5.74) is 0.856. The third-order valence-electron chi connectivity index (χ3n) is 3.89. The van der Waals surface area contributed by atoms with Crippen LogP contribution < -0.4 is 10.6 Å². The molecule has 88 valence electrons. The fourth-order valence-corrected chi connectivity index (χ4v) is 3.02. The largest absolute Gasteiger partial charge is 0.369 e. The zero-order chi connectivity index (χ0) is 11.2. The second kappa shape index (κ2) is 3.43. The highest BCUT2D eigenvalue weighted by Gasteiger charge is 2.33. The SMILES string of the molecule is c1cnc2nn3c(c2c1)NCC1CNCCC13. The monoisotopic (exact) mass is 229 g/mol. The minimum atomic E-state index is 0.529. The molecule has 0 amide bonds. The van der Waals surface area contributed by atoms with Gasteiger partial charge in [-0.3, -0.25) is 0 Å². The molecule has 1 saturated heterocycles. The Bertz CT molecular complexity index is 561. The molecule has 5 heteroatoms. The second-order valence-corrected chi connectivity index (χ2v) is 4.87. The lowest BCUT2D eigenvalue weighted by atomic mass is 9.92. The Morgan fingerprint density at radius 2 is 2.35 bits per heavy atom. The number of rotatable bonds is 0. The fourth-order valence-electron chi connectivity index (χ4n) is 3.02. The van der Waals surface area contributed by atoms with Crippen LogP contribution in [0.5, 0.6) is 0 Å². The van der Waals surface area contributed by atoms with E-state index in [1.165, 1.54) is 0 Å². The Hall–Kier alpha value is -1.62. The maximum atomic E-state index is 4.65. The second-order valence-electron chi connectivity index (χ2n) is 4.87. The topological polar surface area (TPSA) is 54.8 Å². The first-order chi connectivity index (χ1) is 8.43. The number of aromatic nitrogens is 3. The summed E-state index contributed by atoms with van der Waals surface area (Å²) < 4.78 is 2.16. The molecule has 0 radical (unpaired) electrons. The molecule has 0 spiro atoms. The van der Waals surface area contributed by atoms with E-state index in [4.69, 9.17) is 0 Å². The van der Waals surface area contributed by atoms with Gasteiger partial charge in [0.2, 0.25) is 0 Å². The number of pyridine rings is 1. The van der Waals surface area contributed by atoms with Gasteiger partial charge in [-0.05, 0) is 25.1 Å². The van der Waals surface area contributed by atoms with Crippen molar-refractivity contribution in [2.45, 2.75) is 12.5 Å². The van der Waals surface area contributed by atoms with Crippen molar-refractivity contribution < 1.29 is 0 Å². The summed E-state index contributed by atoms with van der Waals surface area (Å²) in [7, 11) is 0. The third-order valence-corrected chi connectivity index (χ3v) is 3.89. The molecule has 0 saturated carbocycles. The van der Waals surface area contributed by atoms with E-state index >= 15 is 0 Å². The summed E-state index contributed by atoms with van der Waals surface area (Å²) in [5, 5.41) is 12.8. The van der Waals surface area contributed by atoms with Crippen molar-refractivity contribution in [3.8, 4) is 0 Å². The Balaban J connectivity index is 1.89. The van der Waals surface area contributed by atoms with Crippen LogP contribution >= 0.6 is 0 Å². The third kappa shape index (κ3) is 1.29. The fraction of sp³-hybridized carbons (Fsp3) is 0.500. The maximum Gasteiger partial charge on any atom is 0.183 e. The minimum absolute atomic E-state index is 0.529. The summed E-state index contributed by atoms with van der Waals surface area (Å²) >= 11 is 0. The van der Waals surface area contributed by atoms with Gasteiger partial charge >= 0.3 is 0 Å². The van der Waals surface area contributed by atoms with Crippen LogP contribution in [-0.2, 0) is 0 Å². The van der Waals surface area contributed by atoms with Crippen molar-refractivity contribution in [1.82, 2.24) is 20.1 Å². The maximum absolute atomic E-state index is 4.65. The molecule has 2 aromatic rings. The Labute approximate surface area is 99.2 Å². The van der Waals surface area contributed by atoms with E-state index < -0.39 is 0 Å². The molecule has 2 aromatic heterocycles. The van der Waals surface area contributed by atoms with Crippen molar-refractivity contribution in [1.29, 1.82) is 0 Å². The lowest BCUT2D eigenvalue weighted by molar-refractivity contribution is 0.238. The van der Waals surface area contributed by atoms with Crippen molar-refractivity contribution in [2.24, 2.45) is 5.92 Å². The summed E-state index contributed by atoms with van der Waals surface area (Å²) in [6.45, 7) is 3.21. The number of piperidine rings is 1. The Morgan fingerprint density at radius 1 is 1.35 bits per heavy atom. The number of hydrogen-bond donors (Lipinski definition) is 2. The lowest BCUT2D eigenvalue weighted by Crippen LogP contribution is -2.44. The van der Waals surface area contributed by atoms with Crippen LogP contribution in [-0.4, -0.2) is 34.4 Å². The molecular formula is C12H15N5. The van der Waals surface area contributed by atoms with Gasteiger partial charge in [-0.1, -0.05) is 0 Å². The highest BCUT2D eigenvalue weighted by atomic mass is 15.4. The van der Waals surface area contributed by atoms with Gasteiger partial charge in [-0.25, -0.2) is 9.67 Å². The molecule has 4 heterocycles. The van der Waals surface area contributed by atoms with Crippen molar-refractivity contribution in [3.05, 3.63) is 18.3 Å². The van der Waals surface area contributed by atoms with Gasteiger partial charge in [0.1, 0.15) is 5.82 Å². The number of nitrogens with zero attached hydrogens (tertiary/aromatic N) is 3. The van der Waals surface area contributed by atoms with Crippen LogP contribution in [0.1, 0.15) is 12.5 Å². The first-order valence-corrected chi connectivity index (χ1v) is 6.21. The highest BCUT2D eigenvalue weighted by Crippen LogP contribution is 2.35. The first kappa shape index (κ1) is 9.41. The highest BCUT2D eigenvalue weighted by molar-refractivity contribution is 5.87. The zero-order valence-corrected chi connectivity index (χ0v) is 9.56. The molecule has 2 unspecified atom stereocenters. The van der Waals surface area contributed by atoms with Gasteiger partial charge in [-0.15, -0.1) is 0 Å². The molecule has 0 bridgehead atoms. The van der Waals surface area contributed by atoms with E-state index in [0.717, 1.165) is 42.9 Å². The molecule has 0 aliphatic carbocycles. The smallest absolute Gasteiger partial charge is 0.183 e. The number of anilines is 1. The minimum Gasteiger partial charge on any atom is -0.369 e. The van der Waals surface area contributed by atoms with E-state index in [1.807, 2.05) is 6.07 Å². The van der Waals surface area contributed by atoms with E-state index in [-0.39, 0.29) is 0 Å². The van der Waals surface area contributed by atoms with E-state index in [1.54, 1.807) is 6.20 Å². The molecule has 0 aromatic carbocycles. The molecule has 2 atom stereocenters. The van der Waals surface area contributed by atoms with Gasteiger partial charge in [-0.2, -0.15) is 5.10 Å². The molecule has 4 rings (SSSR count). The summed E-state index contributed by atoms with van der Waals surface area (Å²) in [4.78, 5) is 4.34. The van der Waals surface area contributed by atoms with E-state index in [2.05, 4.69) is 31.5 Å². The van der Waals surface area contributed by atoms with Crippen LogP contribution in [0.2, 0.25) is 0 Å². The summed E-state index contributed by atoms with van der Waals surface area (Å²) in [5.74, 6) is 1.79. The molecule has 5 nitrogen and oxygen atoms in total. The first-order valence-electron chi connectivity index (χ1n) is 6.21. The van der Waals surface area contributed by atoms with Crippen LogP contribution in [0, 0.1) is 5.92 Å². The summed E-state index contributed by atoms with van der Waals surface area (Å²) in [6, 6.07) is 4.60. The van der Waals surface area contributed by atoms with Gasteiger partial charge in [0, 0.05) is 25.2 Å². The molecule has 2 N–H and O–H groups in total. The predicted molar refractivity (Wildman–Crippen MR) is 66.0 cm³/mol. The van der Waals surface area contributed by atoms with Crippen LogP contribution in [0.4, 0.5) is 5.82 Å². The van der Waals surface area contributed by atoms with E-state index in [9.17, 15) is 0 Å². The van der Waals surface area contributed by atoms with Crippen molar-refractivity contribution in [2.75, 3.05) is 25.0 Å². The summed E-state index contributed by atoms with van der Waals surface area (Å²) in [6.07, 6.45) is 2.97. The van der Waals surface area contributed by atoms with Crippen LogP contribution in [0.25, 0.3) is 11.0 Å². The Morgan fingerprint density at radius 3 is 3.35 bits per heavy atom. The number of nitrogens with one attached hydrogen (secondary N) is 2. The molecule has 2 aliphatic heterocycles. The standard InChI is InChI=1S/C12H15N5/c1-2-9-11(14-4-1)16-17-10-3-5-13-6-8(10)7-15-12(9)17/h1-2,4,8,10,13,15H,3,5-7H2. The van der Waals surface area contributed by atoms with E-state index in [0.29, 0.717) is 12.0 Å². The Kier molecular flexibility index (Phi) is 1.90. The zero-order valence-electron chi connectivity index (χ0n) is 9.56. The van der Waals surface area contributed by atoms with Crippen molar-refractivity contribution >= 4 is 16.9 Å². The average Bonchev–Trinajstić information content (AvgIpc) is 2.78. The quantitative estimate of drug-likeness (QED) is 0.708. The molecule has 17 heavy (non-hydrogen) atoms. The van der Waals surface area contributed by atoms with Crippen LogP contribution in [0.3, 0.4) is 0 Å². The normalized spacial score (nSPS) is 27.3. The average molecular weight is 229 g/mol. The molecular weight excluding hydrogens is 214 g/mol. The van der Waals surface area contributed by atoms with Crippen LogP contribution in [0.15, 0.2) is 18.3 Å². The molecule has 1 fully saturated rings. The van der Waals surface area contributed by atoms with Gasteiger partial charge in [0.25, 0.3) is 0 Å².